The van der Waals surface area contributed by atoms with E-state index in [1.807, 2.05) is 28.8 Å². The Hall–Kier alpha value is -2.73. The van der Waals surface area contributed by atoms with Crippen molar-refractivity contribution in [2.45, 2.75) is 0 Å². The summed E-state index contributed by atoms with van der Waals surface area (Å²) in [7, 11) is 2.11. The number of nitrogens with zero attached hydrogens (tertiary/aromatic N) is 4. The molecule has 2 aliphatic rings. The molecule has 1 unspecified atom stereocenters. The fourth-order valence-electron chi connectivity index (χ4n) is 4.12. The molecule has 0 radical (unpaired) electrons. The molecular formula is C19H19N5O. The molecule has 4 heterocycles. The van der Waals surface area contributed by atoms with Crippen molar-refractivity contribution in [3.63, 3.8) is 0 Å². The molecular weight excluding hydrogens is 314 g/mol. The highest BCUT2D eigenvalue weighted by atomic mass is 16.2. The summed E-state index contributed by atoms with van der Waals surface area (Å²) >= 11 is 0. The lowest BCUT2D eigenvalue weighted by molar-refractivity contribution is -0.118. The van der Waals surface area contributed by atoms with Gasteiger partial charge in [0, 0.05) is 49.2 Å². The van der Waals surface area contributed by atoms with Crippen molar-refractivity contribution in [2.75, 3.05) is 25.5 Å². The number of fused-ring (bicyclic) bond motifs is 2. The highest BCUT2D eigenvalue weighted by molar-refractivity contribution is 5.94. The first-order valence-electron chi connectivity index (χ1n) is 8.56. The Morgan fingerprint density at radius 1 is 1.16 bits per heavy atom. The van der Waals surface area contributed by atoms with Crippen molar-refractivity contribution in [1.82, 2.24) is 19.3 Å². The first-order valence-corrected chi connectivity index (χ1v) is 8.56. The fraction of sp³-hybridized carbons (Fsp3) is 0.316. The third kappa shape index (κ3) is 2.49. The number of aromatic nitrogens is 3. The molecule has 6 nitrogen and oxygen atoms in total. The Balaban J connectivity index is 1.35. The zero-order valence-electron chi connectivity index (χ0n) is 14.0. The van der Waals surface area contributed by atoms with Crippen LogP contribution in [0.1, 0.15) is 0 Å². The van der Waals surface area contributed by atoms with Crippen LogP contribution in [0, 0.1) is 17.8 Å². The summed E-state index contributed by atoms with van der Waals surface area (Å²) in [6, 6.07) is 7.97. The van der Waals surface area contributed by atoms with Gasteiger partial charge in [0.1, 0.15) is 12.1 Å². The zero-order chi connectivity index (χ0) is 17.0. The maximum Gasteiger partial charge on any atom is 0.229 e. The normalized spacial score (nSPS) is 25.1. The van der Waals surface area contributed by atoms with Crippen molar-refractivity contribution in [1.29, 1.82) is 0 Å². The molecule has 1 N–H and O–H groups in total. The second-order valence-corrected chi connectivity index (χ2v) is 7.13. The minimum atomic E-state index is 0.112. The topological polar surface area (TPSA) is 62.5 Å². The predicted molar refractivity (Wildman–Crippen MR) is 95.0 cm³/mol. The summed E-state index contributed by atoms with van der Waals surface area (Å²) in [6.45, 7) is 2.06. The Morgan fingerprint density at radius 3 is 2.68 bits per heavy atom. The largest absolute Gasteiger partial charge is 0.310 e. The van der Waals surface area contributed by atoms with E-state index < -0.39 is 0 Å². The van der Waals surface area contributed by atoms with Gasteiger partial charge in [-0.15, -0.1) is 0 Å². The van der Waals surface area contributed by atoms with Crippen molar-refractivity contribution < 1.29 is 4.79 Å². The highest BCUT2D eigenvalue weighted by Crippen LogP contribution is 2.51. The van der Waals surface area contributed by atoms with Gasteiger partial charge in [0.25, 0.3) is 0 Å². The number of hydrogen-bond acceptors (Lipinski definition) is 4. The molecule has 5 rings (SSSR count). The number of rotatable bonds is 3. The molecule has 3 aromatic heterocycles. The van der Waals surface area contributed by atoms with Gasteiger partial charge in [0.05, 0.1) is 5.52 Å². The van der Waals surface area contributed by atoms with Crippen LogP contribution in [0.15, 0.2) is 49.2 Å². The van der Waals surface area contributed by atoms with Gasteiger partial charge in [-0.1, -0.05) is 0 Å². The van der Waals surface area contributed by atoms with Gasteiger partial charge in [-0.05, 0) is 42.6 Å². The maximum absolute atomic E-state index is 12.5. The number of likely N-dealkylation sites (tertiary alicyclic amines) is 1. The van der Waals surface area contributed by atoms with Gasteiger partial charge in [-0.3, -0.25) is 9.78 Å². The quantitative estimate of drug-likeness (QED) is 0.798. The lowest BCUT2D eigenvalue weighted by atomic mass is 10.1. The van der Waals surface area contributed by atoms with E-state index in [0.29, 0.717) is 17.7 Å². The molecule has 25 heavy (non-hydrogen) atoms. The summed E-state index contributed by atoms with van der Waals surface area (Å²) in [6.07, 6.45) is 7.35. The summed E-state index contributed by atoms with van der Waals surface area (Å²) in [5.41, 5.74) is 3.22. The van der Waals surface area contributed by atoms with E-state index in [1.165, 1.54) is 0 Å². The van der Waals surface area contributed by atoms with Gasteiger partial charge in [0.2, 0.25) is 5.91 Å². The first-order chi connectivity index (χ1) is 12.2. The van der Waals surface area contributed by atoms with Gasteiger partial charge >= 0.3 is 0 Å². The molecule has 1 aliphatic heterocycles. The molecule has 3 aromatic rings. The Bertz CT molecular complexity index is 939. The van der Waals surface area contributed by atoms with Crippen LogP contribution in [0.4, 0.5) is 5.82 Å². The first kappa shape index (κ1) is 14.6. The smallest absolute Gasteiger partial charge is 0.229 e. The van der Waals surface area contributed by atoms with Crippen LogP contribution >= 0.6 is 0 Å². The summed E-state index contributed by atoms with van der Waals surface area (Å²) < 4.78 is 1.96. The monoisotopic (exact) mass is 333 g/mol. The summed E-state index contributed by atoms with van der Waals surface area (Å²) in [4.78, 5) is 23.2. The third-order valence-corrected chi connectivity index (χ3v) is 5.43. The average molecular weight is 333 g/mol. The summed E-state index contributed by atoms with van der Waals surface area (Å²) in [5.74, 6) is 1.95. The molecule has 0 spiro atoms. The molecule has 2 fully saturated rings. The second-order valence-electron chi connectivity index (χ2n) is 7.13. The van der Waals surface area contributed by atoms with Crippen LogP contribution < -0.4 is 5.32 Å². The van der Waals surface area contributed by atoms with Crippen LogP contribution in [-0.4, -0.2) is 45.3 Å². The molecule has 3 atom stereocenters. The van der Waals surface area contributed by atoms with Crippen LogP contribution in [0.3, 0.4) is 0 Å². The molecule has 1 aliphatic carbocycles. The van der Waals surface area contributed by atoms with Crippen molar-refractivity contribution >= 4 is 17.2 Å². The number of carbonyl (C=O) groups is 1. The van der Waals surface area contributed by atoms with E-state index in [-0.39, 0.29) is 11.8 Å². The molecule has 126 valence electrons. The second kappa shape index (κ2) is 5.39. The van der Waals surface area contributed by atoms with E-state index in [2.05, 4.69) is 33.3 Å². The van der Waals surface area contributed by atoms with E-state index in [1.54, 1.807) is 18.7 Å². The van der Waals surface area contributed by atoms with Crippen molar-refractivity contribution in [2.24, 2.45) is 17.8 Å². The lowest BCUT2D eigenvalue weighted by Gasteiger charge is -2.12. The molecule has 0 bridgehead atoms. The Kier molecular flexibility index (Phi) is 3.15. The average Bonchev–Trinajstić information content (AvgIpc) is 2.95. The Labute approximate surface area is 145 Å². The SMILES string of the molecule is CN1C[C@@H]2C(C(=O)Nc3cc4cc(-c5ccncc5)cn4cn3)[C@@H]2C1. The molecule has 1 amide bonds. The standard InChI is InChI=1S/C19H19N5O/c1-23-9-15-16(10-23)18(15)19(25)22-17-7-14-6-13(8-24(14)11-21-17)12-2-4-20-5-3-12/h2-8,11,15-16,18H,9-10H2,1H3,(H,22,25)/t15-,16+,18?. The van der Waals surface area contributed by atoms with Crippen LogP contribution in [-0.2, 0) is 4.79 Å². The molecule has 1 saturated carbocycles. The van der Waals surface area contributed by atoms with E-state index in [9.17, 15) is 4.79 Å². The minimum absolute atomic E-state index is 0.112. The van der Waals surface area contributed by atoms with Gasteiger partial charge in [-0.2, -0.15) is 0 Å². The fourth-order valence-corrected chi connectivity index (χ4v) is 4.12. The van der Waals surface area contributed by atoms with Gasteiger partial charge < -0.3 is 14.6 Å². The van der Waals surface area contributed by atoms with Crippen LogP contribution in [0.2, 0.25) is 0 Å². The summed E-state index contributed by atoms with van der Waals surface area (Å²) in [5, 5.41) is 3.00. The number of piperidine rings is 1. The van der Waals surface area contributed by atoms with Crippen molar-refractivity contribution in [3.8, 4) is 11.1 Å². The van der Waals surface area contributed by atoms with E-state index >= 15 is 0 Å². The molecule has 1 saturated heterocycles. The maximum atomic E-state index is 12.5. The molecule has 0 aromatic carbocycles. The number of anilines is 1. The number of nitrogens with one attached hydrogen (secondary N) is 1. The number of amides is 1. The number of hydrogen-bond donors (Lipinski definition) is 1. The predicted octanol–water partition coefficient (Wildman–Crippen LogP) is 2.14. The number of carbonyl (C=O) groups excluding carboxylic acids is 1. The van der Waals surface area contributed by atoms with Gasteiger partial charge in [0.15, 0.2) is 0 Å². The van der Waals surface area contributed by atoms with Gasteiger partial charge in [-0.25, -0.2) is 4.98 Å². The zero-order valence-corrected chi connectivity index (χ0v) is 14.0. The highest BCUT2D eigenvalue weighted by Gasteiger charge is 2.58. The Morgan fingerprint density at radius 2 is 1.92 bits per heavy atom. The van der Waals surface area contributed by atoms with E-state index in [0.717, 1.165) is 29.7 Å². The van der Waals surface area contributed by atoms with Crippen LogP contribution in [0.25, 0.3) is 16.6 Å². The molecule has 6 heteroatoms. The van der Waals surface area contributed by atoms with Crippen LogP contribution in [0.5, 0.6) is 0 Å². The van der Waals surface area contributed by atoms with E-state index in [4.69, 9.17) is 0 Å². The minimum Gasteiger partial charge on any atom is -0.310 e. The number of pyridine rings is 1. The van der Waals surface area contributed by atoms with Crippen molar-refractivity contribution in [3.05, 3.63) is 49.2 Å². The third-order valence-electron chi connectivity index (χ3n) is 5.43. The lowest BCUT2D eigenvalue weighted by Crippen LogP contribution is -2.25.